The van der Waals surface area contributed by atoms with Gasteiger partial charge in [0.15, 0.2) is 0 Å². The van der Waals surface area contributed by atoms with Gasteiger partial charge in [-0.15, -0.1) is 0 Å². The summed E-state index contributed by atoms with van der Waals surface area (Å²) in [7, 11) is 0. The molecule has 0 radical (unpaired) electrons. The number of nitrogens with one attached hydrogen (secondary N) is 4. The minimum Gasteiger partial charge on any atom is -0.354 e. The molecule has 6 aromatic heterocycles. The standard InChI is InChI=1S/C114H106N8/c1-63-43-64(2)48-75(47-63)105-91-31-27-87(115-91)103(88-28-32-92(116-88)106(76-49-65(3)44-66(4)50-76)96-36-40-100(120-96)109(99-39-35-95(105)119-99)79-55-81(111(9,10)11)61-82(56-79)112(12,13)14)73-25-23-71-21-22-72-24-26-74(60-86(72)85(71)59-73)104-89-29-33-93(117-89)107(77-51-67(5)45-68(6)52-77)97-37-41-101(121-97)110(80-57-83(113(15,16)17)62-84(58-80)114(18,19)20)102-42-38-98(122-102)108(94-34-30-90(104)118-94)78-53-69(7)46-70(8)54-78/h21-62,115,117,120,122H,1-20H3. The van der Waals surface area contributed by atoms with Gasteiger partial charge < -0.3 is 19.9 Å². The third-order valence-corrected chi connectivity index (χ3v) is 24.9. The highest BCUT2D eigenvalue weighted by atomic mass is 14.8. The molecule has 0 fully saturated rings. The van der Waals surface area contributed by atoms with Crippen molar-refractivity contribution in [2.45, 2.75) is 160 Å². The van der Waals surface area contributed by atoms with Gasteiger partial charge in [-0.25, -0.2) is 19.9 Å². The Morgan fingerprint density at radius 1 is 0.180 bits per heavy atom. The van der Waals surface area contributed by atoms with E-state index in [-0.39, 0.29) is 21.7 Å². The van der Waals surface area contributed by atoms with Gasteiger partial charge in [0.2, 0.25) is 0 Å². The molecule has 8 heteroatoms. The first-order valence-corrected chi connectivity index (χ1v) is 43.1. The summed E-state index contributed by atoms with van der Waals surface area (Å²) >= 11 is 0. The first-order valence-electron chi connectivity index (χ1n) is 43.1. The van der Waals surface area contributed by atoms with Crippen molar-refractivity contribution in [3.05, 3.63) is 319 Å². The zero-order valence-electron chi connectivity index (χ0n) is 74.0. The summed E-state index contributed by atoms with van der Waals surface area (Å²) in [5.41, 5.74) is 45.3. The smallest absolute Gasteiger partial charge is 0.0737 e. The third kappa shape index (κ3) is 14.6. The van der Waals surface area contributed by atoms with E-state index in [4.69, 9.17) is 19.9 Å². The second kappa shape index (κ2) is 29.3. The molecule has 0 unspecified atom stereocenters. The molecule has 0 spiro atoms. The van der Waals surface area contributed by atoms with Crippen LogP contribution in [0.5, 0.6) is 0 Å². The Morgan fingerprint density at radius 3 is 0.541 bits per heavy atom. The Labute approximate surface area is 717 Å². The lowest BCUT2D eigenvalue weighted by Crippen LogP contribution is -2.16. The Hall–Kier alpha value is -13.3. The topological polar surface area (TPSA) is 115 Å². The molecule has 15 aromatic rings. The summed E-state index contributed by atoms with van der Waals surface area (Å²) in [6, 6.07) is 78.3. The fourth-order valence-corrected chi connectivity index (χ4v) is 19.0. The summed E-state index contributed by atoms with van der Waals surface area (Å²) in [6.45, 7) is 45.3. The normalized spacial score (nSPS) is 13.0. The molecule has 0 aliphatic carbocycles. The predicted molar refractivity (Wildman–Crippen MR) is 522 cm³/mol. The molecule has 122 heavy (non-hydrogen) atoms. The lowest BCUT2D eigenvalue weighted by Gasteiger charge is -2.26. The van der Waals surface area contributed by atoms with E-state index < -0.39 is 0 Å². The van der Waals surface area contributed by atoms with E-state index in [1.54, 1.807) is 0 Å². The molecule has 19 rings (SSSR count). The monoisotopic (exact) mass is 1590 g/mol. The van der Waals surface area contributed by atoms with Crippen LogP contribution in [0.15, 0.2) is 206 Å². The number of aryl methyl sites for hydroxylation is 8. The van der Waals surface area contributed by atoms with Gasteiger partial charge >= 0.3 is 0 Å². The first kappa shape index (κ1) is 78.5. The summed E-state index contributed by atoms with van der Waals surface area (Å²) in [6.07, 6.45) is 17.8. The molecule has 602 valence electrons. The molecule has 10 heterocycles. The van der Waals surface area contributed by atoms with Crippen molar-refractivity contribution in [1.82, 2.24) is 39.9 Å². The molecule has 0 saturated heterocycles. The zero-order chi connectivity index (χ0) is 85.1. The van der Waals surface area contributed by atoms with E-state index in [9.17, 15) is 0 Å². The maximum Gasteiger partial charge on any atom is 0.0737 e. The van der Waals surface area contributed by atoms with E-state index in [0.29, 0.717) is 0 Å². The van der Waals surface area contributed by atoms with Crippen LogP contribution in [0.3, 0.4) is 0 Å². The molecular weight excluding hydrogens is 1480 g/mol. The maximum atomic E-state index is 5.89. The molecule has 0 atom stereocenters. The van der Waals surface area contributed by atoms with Gasteiger partial charge in [0.05, 0.1) is 45.6 Å². The van der Waals surface area contributed by atoms with Crippen molar-refractivity contribution in [3.63, 3.8) is 0 Å². The third-order valence-electron chi connectivity index (χ3n) is 24.9. The van der Waals surface area contributed by atoms with E-state index in [1.165, 1.54) is 66.8 Å². The van der Waals surface area contributed by atoms with Crippen LogP contribution < -0.4 is 0 Å². The molecule has 9 aromatic carbocycles. The quantitative estimate of drug-likeness (QED) is 0.113. The first-order chi connectivity index (χ1) is 58.1. The van der Waals surface area contributed by atoms with Gasteiger partial charge in [0, 0.05) is 88.6 Å². The van der Waals surface area contributed by atoms with Crippen molar-refractivity contribution in [2.24, 2.45) is 0 Å². The molecule has 4 N–H and O–H groups in total. The highest BCUT2D eigenvalue weighted by Gasteiger charge is 2.29. The van der Waals surface area contributed by atoms with Crippen LogP contribution in [-0.2, 0) is 21.7 Å². The number of hydrogen-bond donors (Lipinski definition) is 4. The van der Waals surface area contributed by atoms with Crippen LogP contribution in [0.4, 0.5) is 0 Å². The van der Waals surface area contributed by atoms with Crippen LogP contribution in [0, 0.1) is 55.4 Å². The molecule has 0 amide bonds. The van der Waals surface area contributed by atoms with Crippen molar-refractivity contribution >= 4 is 114 Å². The van der Waals surface area contributed by atoms with E-state index in [0.717, 1.165) is 200 Å². The summed E-state index contributed by atoms with van der Waals surface area (Å²) in [4.78, 5) is 39.9. The Bertz CT molecular complexity index is 6810. The maximum absolute atomic E-state index is 5.89. The Morgan fingerprint density at radius 2 is 0.352 bits per heavy atom. The molecule has 0 saturated carbocycles. The highest BCUT2D eigenvalue weighted by Crippen LogP contribution is 2.47. The molecule has 16 bridgehead atoms. The molecule has 8 nitrogen and oxygen atoms in total. The predicted octanol–water partition coefficient (Wildman–Crippen LogP) is 30.9. The molecule has 4 aliphatic heterocycles. The zero-order valence-corrected chi connectivity index (χ0v) is 74.0. The summed E-state index contributed by atoms with van der Waals surface area (Å²) in [5, 5.41) is 4.45. The van der Waals surface area contributed by atoms with Gasteiger partial charge in [0.1, 0.15) is 0 Å². The highest BCUT2D eigenvalue weighted by molar-refractivity contribution is 6.12. The second-order valence-corrected chi connectivity index (χ2v) is 39.0. The Kier molecular flexibility index (Phi) is 18.8. The fraction of sp³-hybridized carbons (Fsp3) is 0.211. The minimum absolute atomic E-state index is 0.123. The Balaban J connectivity index is 0.879. The van der Waals surface area contributed by atoms with Crippen molar-refractivity contribution in [1.29, 1.82) is 0 Å². The average Bonchev–Trinajstić information content (AvgIpc) is 1.47. The largest absolute Gasteiger partial charge is 0.354 e. The number of fused-ring (bicyclic) bond motifs is 19. The average molecular weight is 1590 g/mol. The van der Waals surface area contributed by atoms with Gasteiger partial charge in [-0.3, -0.25) is 0 Å². The van der Waals surface area contributed by atoms with Crippen LogP contribution in [0.1, 0.15) is 195 Å². The number of nitrogens with zero attached hydrogens (tertiary/aromatic N) is 4. The SMILES string of the molecule is Cc1cc(C)cc(-c2c3nc(c(-c4ccc5ccc6ccc(-c7c8nc(c(-c9cc(C)cc(C)c9)c9ccc([nH]9)c(-c9cc(C(C)(C)C)cc(C(C)(C)C)c9)c9nc(c(-c%10cc(C)cc(C)c%10)c%10ccc7[nH]%10)C=C9)C=C8)cc6c5c4)c4ccc([nH]4)c(-c4cc(C)cc(C)c4)c4nc(c(-c5cc(C(C)(C)C)cc(C(C)(C)C)c5)c5ccc2[nH]5)C=C4)C=C3)c1. The van der Waals surface area contributed by atoms with Gasteiger partial charge in [-0.1, -0.05) is 273 Å². The second-order valence-electron chi connectivity index (χ2n) is 39.0. The van der Waals surface area contributed by atoms with Crippen LogP contribution in [-0.4, -0.2) is 39.9 Å². The number of aromatic nitrogens is 8. The summed E-state index contributed by atoms with van der Waals surface area (Å²) in [5.74, 6) is 0. The van der Waals surface area contributed by atoms with Crippen LogP contribution in [0.2, 0.25) is 0 Å². The van der Waals surface area contributed by atoms with Gasteiger partial charge in [0.25, 0.3) is 0 Å². The van der Waals surface area contributed by atoms with E-state index in [2.05, 4.69) is 413 Å². The number of H-pyrrole nitrogens is 4. The van der Waals surface area contributed by atoms with Crippen molar-refractivity contribution in [2.75, 3.05) is 0 Å². The molecule has 4 aliphatic rings. The number of aromatic amines is 4. The number of hydrogen-bond acceptors (Lipinski definition) is 4. The van der Waals surface area contributed by atoms with Crippen molar-refractivity contribution < 1.29 is 0 Å². The van der Waals surface area contributed by atoms with E-state index >= 15 is 0 Å². The lowest BCUT2D eigenvalue weighted by molar-refractivity contribution is 0.568. The minimum atomic E-state index is -0.123. The number of rotatable bonds is 8. The fourth-order valence-electron chi connectivity index (χ4n) is 19.0. The van der Waals surface area contributed by atoms with Crippen molar-refractivity contribution in [3.8, 4) is 89.0 Å². The van der Waals surface area contributed by atoms with Crippen LogP contribution in [0.25, 0.3) is 203 Å². The number of benzene rings is 9. The van der Waals surface area contributed by atoms with E-state index in [1.807, 2.05) is 0 Å². The van der Waals surface area contributed by atoms with Crippen LogP contribution >= 0.6 is 0 Å². The molecular formula is C114H106N8. The van der Waals surface area contributed by atoms with Gasteiger partial charge in [-0.05, 0) is 275 Å². The summed E-state index contributed by atoms with van der Waals surface area (Å²) < 4.78 is 0. The van der Waals surface area contributed by atoms with Gasteiger partial charge in [-0.2, -0.15) is 0 Å². The lowest BCUT2D eigenvalue weighted by atomic mass is 9.78.